The van der Waals surface area contributed by atoms with Gasteiger partial charge in [-0.05, 0) is 36.3 Å². The van der Waals surface area contributed by atoms with E-state index in [4.69, 9.17) is 0 Å². The second-order valence-electron chi connectivity index (χ2n) is 4.70. The highest BCUT2D eigenvalue weighted by molar-refractivity contribution is 5.69. The van der Waals surface area contributed by atoms with E-state index in [1.54, 1.807) is 12.5 Å². The first-order chi connectivity index (χ1) is 10.2. The number of nitrogens with one attached hydrogen (secondary N) is 1. The summed E-state index contributed by atoms with van der Waals surface area (Å²) in [5.41, 5.74) is 3.54. The molecule has 0 aliphatic heterocycles. The van der Waals surface area contributed by atoms with Crippen molar-refractivity contribution >= 4 is 12.2 Å². The van der Waals surface area contributed by atoms with Crippen LogP contribution in [0, 0.1) is 6.92 Å². The van der Waals surface area contributed by atoms with E-state index >= 15 is 0 Å². The average Bonchev–Trinajstić information content (AvgIpc) is 3.01. The van der Waals surface area contributed by atoms with Crippen LogP contribution in [0.1, 0.15) is 16.8 Å². The van der Waals surface area contributed by atoms with Crippen LogP contribution in [-0.4, -0.2) is 19.7 Å². The predicted molar refractivity (Wildman–Crippen MR) is 82.1 cm³/mol. The summed E-state index contributed by atoms with van der Waals surface area (Å²) in [5.74, 6) is 0. The molecule has 1 aromatic carbocycles. The average molecular weight is 278 g/mol. The third kappa shape index (κ3) is 2.97. The first kappa shape index (κ1) is 13.1. The summed E-state index contributed by atoms with van der Waals surface area (Å²) in [6, 6.07) is 9.62. The third-order valence-corrected chi connectivity index (χ3v) is 3.17. The Morgan fingerprint density at radius 3 is 2.67 bits per heavy atom. The number of aromatic nitrogens is 4. The Bertz CT molecular complexity index is 814. The van der Waals surface area contributed by atoms with Crippen LogP contribution >= 0.6 is 0 Å². The van der Waals surface area contributed by atoms with E-state index in [1.807, 2.05) is 54.1 Å². The monoisotopic (exact) mass is 278 g/mol. The highest BCUT2D eigenvalue weighted by Crippen LogP contribution is 2.12. The number of hydrogen-bond donors (Lipinski definition) is 1. The van der Waals surface area contributed by atoms with E-state index in [0.29, 0.717) is 0 Å². The van der Waals surface area contributed by atoms with Gasteiger partial charge in [0.15, 0.2) is 0 Å². The fourth-order valence-corrected chi connectivity index (χ4v) is 2.02. The topological polar surface area (TPSA) is 63.6 Å². The molecule has 0 aliphatic carbocycles. The van der Waals surface area contributed by atoms with Gasteiger partial charge in [0.2, 0.25) is 0 Å². The van der Waals surface area contributed by atoms with Gasteiger partial charge in [0, 0.05) is 24.1 Å². The van der Waals surface area contributed by atoms with Crippen molar-refractivity contribution < 1.29 is 0 Å². The zero-order valence-electron chi connectivity index (χ0n) is 11.5. The summed E-state index contributed by atoms with van der Waals surface area (Å²) < 4.78 is 1.95. The van der Waals surface area contributed by atoms with Gasteiger partial charge < -0.3 is 4.57 Å². The van der Waals surface area contributed by atoms with E-state index in [-0.39, 0.29) is 5.56 Å². The molecule has 1 N–H and O–H groups in total. The van der Waals surface area contributed by atoms with Crippen molar-refractivity contribution in [2.24, 2.45) is 0 Å². The van der Waals surface area contributed by atoms with Crippen LogP contribution in [0.25, 0.3) is 17.8 Å². The van der Waals surface area contributed by atoms with E-state index in [1.165, 1.54) is 6.07 Å². The molecule has 0 spiro atoms. The lowest BCUT2D eigenvalue weighted by Gasteiger charge is -2.02. The molecule has 0 radical (unpaired) electrons. The first-order valence-corrected chi connectivity index (χ1v) is 6.55. The van der Waals surface area contributed by atoms with Crippen molar-refractivity contribution in [2.45, 2.75) is 6.92 Å². The molecule has 0 amide bonds. The van der Waals surface area contributed by atoms with Crippen LogP contribution in [-0.2, 0) is 0 Å². The van der Waals surface area contributed by atoms with Gasteiger partial charge in [0.05, 0.1) is 12.0 Å². The summed E-state index contributed by atoms with van der Waals surface area (Å²) in [4.78, 5) is 15.1. The second kappa shape index (κ2) is 5.58. The smallest absolute Gasteiger partial charge is 0.264 e. The second-order valence-corrected chi connectivity index (χ2v) is 4.70. The molecule has 0 aliphatic rings. The van der Waals surface area contributed by atoms with Crippen LogP contribution in [0.3, 0.4) is 0 Å². The van der Waals surface area contributed by atoms with E-state index in [0.717, 1.165) is 22.5 Å². The molecule has 104 valence electrons. The molecular formula is C16H14N4O. The molecule has 5 heteroatoms. The van der Waals surface area contributed by atoms with Gasteiger partial charge in [-0.15, -0.1) is 0 Å². The summed E-state index contributed by atoms with van der Waals surface area (Å²) in [7, 11) is 0. The molecule has 2 aromatic heterocycles. The summed E-state index contributed by atoms with van der Waals surface area (Å²) in [5, 5.41) is 6.45. The zero-order valence-corrected chi connectivity index (χ0v) is 11.5. The van der Waals surface area contributed by atoms with Gasteiger partial charge in [-0.3, -0.25) is 4.79 Å². The largest absolute Gasteiger partial charge is 0.306 e. The van der Waals surface area contributed by atoms with Gasteiger partial charge in [0.1, 0.15) is 0 Å². The highest BCUT2D eigenvalue weighted by atomic mass is 16.1. The van der Waals surface area contributed by atoms with Crippen LogP contribution in [0.5, 0.6) is 0 Å². The van der Waals surface area contributed by atoms with E-state index < -0.39 is 0 Å². The maximum absolute atomic E-state index is 11.1. The lowest BCUT2D eigenvalue weighted by Crippen LogP contribution is -2.08. The number of rotatable bonds is 3. The molecule has 0 saturated heterocycles. The number of hydrogen-bond acceptors (Lipinski definition) is 3. The third-order valence-electron chi connectivity index (χ3n) is 3.17. The predicted octanol–water partition coefficient (Wildman–Crippen LogP) is 2.43. The summed E-state index contributed by atoms with van der Waals surface area (Å²) in [6.45, 7) is 1.87. The standard InChI is InChI=1S/C16H14N4O/c1-12-10-16(21)19-18-15(12)7-4-13-2-5-14(6-3-13)20-9-8-17-11-20/h2-11H,1H3,(H,19,21). The van der Waals surface area contributed by atoms with Crippen molar-refractivity contribution in [2.75, 3.05) is 0 Å². The number of benzene rings is 1. The molecule has 3 aromatic rings. The van der Waals surface area contributed by atoms with Crippen molar-refractivity contribution in [1.29, 1.82) is 0 Å². The summed E-state index contributed by atoms with van der Waals surface area (Å²) >= 11 is 0. The van der Waals surface area contributed by atoms with Crippen LogP contribution in [0.2, 0.25) is 0 Å². The van der Waals surface area contributed by atoms with Crippen molar-refractivity contribution in [1.82, 2.24) is 19.7 Å². The lowest BCUT2D eigenvalue weighted by atomic mass is 10.1. The SMILES string of the molecule is Cc1cc(=O)[nH]nc1C=Cc1ccc(-n2ccnc2)cc1. The van der Waals surface area contributed by atoms with Crippen molar-refractivity contribution in [3.8, 4) is 5.69 Å². The molecular weight excluding hydrogens is 264 g/mol. The Hall–Kier alpha value is -2.95. The van der Waals surface area contributed by atoms with Crippen LogP contribution in [0.4, 0.5) is 0 Å². The fraction of sp³-hybridized carbons (Fsp3) is 0.0625. The molecule has 0 unspecified atom stereocenters. The van der Waals surface area contributed by atoms with Gasteiger partial charge in [-0.1, -0.05) is 18.2 Å². The molecule has 0 atom stereocenters. The Morgan fingerprint density at radius 1 is 1.19 bits per heavy atom. The fourth-order valence-electron chi connectivity index (χ4n) is 2.02. The molecule has 0 bridgehead atoms. The molecule has 0 saturated carbocycles. The zero-order chi connectivity index (χ0) is 14.7. The number of aromatic amines is 1. The molecule has 21 heavy (non-hydrogen) atoms. The Kier molecular flexibility index (Phi) is 3.47. The molecule has 5 nitrogen and oxygen atoms in total. The minimum absolute atomic E-state index is 0.186. The van der Waals surface area contributed by atoms with E-state index in [9.17, 15) is 4.79 Å². The van der Waals surface area contributed by atoms with Gasteiger partial charge in [-0.2, -0.15) is 5.10 Å². The van der Waals surface area contributed by atoms with Gasteiger partial charge in [-0.25, -0.2) is 10.1 Å². The van der Waals surface area contributed by atoms with E-state index in [2.05, 4.69) is 15.2 Å². The van der Waals surface area contributed by atoms with Crippen molar-refractivity contribution in [3.63, 3.8) is 0 Å². The molecule has 3 rings (SSSR count). The minimum Gasteiger partial charge on any atom is -0.306 e. The number of nitrogens with zero attached hydrogens (tertiary/aromatic N) is 3. The molecule has 2 heterocycles. The first-order valence-electron chi connectivity index (χ1n) is 6.55. The Labute approximate surface area is 121 Å². The normalized spacial score (nSPS) is 11.1. The van der Waals surface area contributed by atoms with Gasteiger partial charge in [0.25, 0.3) is 5.56 Å². The number of H-pyrrole nitrogens is 1. The lowest BCUT2D eigenvalue weighted by molar-refractivity contribution is 0.961. The minimum atomic E-state index is -0.186. The maximum Gasteiger partial charge on any atom is 0.264 e. The van der Waals surface area contributed by atoms with Crippen LogP contribution < -0.4 is 5.56 Å². The van der Waals surface area contributed by atoms with Gasteiger partial charge >= 0.3 is 0 Å². The maximum atomic E-state index is 11.1. The molecule has 0 fully saturated rings. The Balaban J connectivity index is 1.82. The van der Waals surface area contributed by atoms with Crippen molar-refractivity contribution in [3.05, 3.63) is 76.2 Å². The Morgan fingerprint density at radius 2 is 2.00 bits per heavy atom. The number of aryl methyl sites for hydroxylation is 1. The summed E-state index contributed by atoms with van der Waals surface area (Å²) in [6.07, 6.45) is 9.26. The quantitative estimate of drug-likeness (QED) is 0.800. The number of imidazole rings is 1. The highest BCUT2D eigenvalue weighted by Gasteiger charge is 1.97. The van der Waals surface area contributed by atoms with Crippen LogP contribution in [0.15, 0.2) is 53.8 Å².